The summed E-state index contributed by atoms with van der Waals surface area (Å²) in [6, 6.07) is 16.7. The second-order valence-corrected chi connectivity index (χ2v) is 7.74. The Balaban J connectivity index is 1.71. The van der Waals surface area contributed by atoms with E-state index in [-0.39, 0.29) is 11.6 Å². The highest BCUT2D eigenvalue weighted by atomic mass is 35.5. The molecule has 0 saturated carbocycles. The van der Waals surface area contributed by atoms with E-state index in [0.717, 1.165) is 16.8 Å². The predicted molar refractivity (Wildman–Crippen MR) is 126 cm³/mol. The molecule has 3 heterocycles. The summed E-state index contributed by atoms with van der Waals surface area (Å²) in [4.78, 5) is 29.8. The number of hydrogen-bond acceptors (Lipinski definition) is 5. The second-order valence-electron chi connectivity index (χ2n) is 7.33. The van der Waals surface area contributed by atoms with Gasteiger partial charge in [0, 0.05) is 11.4 Å². The van der Waals surface area contributed by atoms with Crippen molar-refractivity contribution in [3.8, 4) is 5.69 Å². The van der Waals surface area contributed by atoms with E-state index in [9.17, 15) is 4.79 Å². The number of benzene rings is 2. The van der Waals surface area contributed by atoms with E-state index in [1.165, 1.54) is 0 Å². The summed E-state index contributed by atoms with van der Waals surface area (Å²) in [6.07, 6.45) is 1.59. The Hall–Kier alpha value is -3.65. The third-order valence-electron chi connectivity index (χ3n) is 5.23. The smallest absolute Gasteiger partial charge is 0.264 e. The van der Waals surface area contributed by atoms with Crippen LogP contribution in [0.3, 0.4) is 0 Å². The minimum absolute atomic E-state index is 0.165. The summed E-state index contributed by atoms with van der Waals surface area (Å²) in [5.41, 5.74) is 3.31. The van der Waals surface area contributed by atoms with Crippen LogP contribution in [-0.4, -0.2) is 32.3 Å². The van der Waals surface area contributed by atoms with Crippen LogP contribution in [0.15, 0.2) is 65.7 Å². The van der Waals surface area contributed by atoms with Crippen LogP contribution in [0.4, 0.5) is 5.82 Å². The van der Waals surface area contributed by atoms with Crippen molar-refractivity contribution in [3.63, 3.8) is 0 Å². The molecule has 9 heteroatoms. The van der Waals surface area contributed by atoms with E-state index < -0.39 is 0 Å². The molecule has 152 valence electrons. The minimum atomic E-state index is -0.259. The van der Waals surface area contributed by atoms with E-state index in [4.69, 9.17) is 11.6 Å². The number of hydrogen-bond donors (Lipinski definition) is 2. The van der Waals surface area contributed by atoms with Gasteiger partial charge in [0.25, 0.3) is 5.56 Å². The van der Waals surface area contributed by atoms with Crippen LogP contribution in [0, 0.1) is 0 Å². The minimum Gasteiger partial charge on any atom is -0.360 e. The first-order chi connectivity index (χ1) is 15.0. The Bertz CT molecular complexity index is 1480. The fourth-order valence-electron chi connectivity index (χ4n) is 3.83. The van der Waals surface area contributed by atoms with E-state index in [1.54, 1.807) is 17.0 Å². The van der Waals surface area contributed by atoms with Gasteiger partial charge in [-0.25, -0.2) is 15.0 Å². The van der Waals surface area contributed by atoms with Crippen molar-refractivity contribution in [2.45, 2.75) is 13.0 Å². The van der Waals surface area contributed by atoms with Gasteiger partial charge < -0.3 is 10.3 Å². The standard InChI is InChI=1S/C22H18BClN6O/c1-12(27-20-18-19(26-11-25-18)28-22(23)29-20)16-10-13-6-5-9-15(24)17(13)21(31)30(16)14-7-3-2-4-8-14/h2-12H,23H2,1H3,(H2,25,26,27,28,29)/t12-/m0/s1. The van der Waals surface area contributed by atoms with E-state index in [2.05, 4.69) is 25.3 Å². The molecule has 0 aliphatic rings. The van der Waals surface area contributed by atoms with Crippen LogP contribution >= 0.6 is 11.6 Å². The van der Waals surface area contributed by atoms with Gasteiger partial charge in [-0.15, -0.1) is 0 Å². The van der Waals surface area contributed by atoms with Crippen LogP contribution in [-0.2, 0) is 0 Å². The molecule has 0 saturated heterocycles. The Kier molecular flexibility index (Phi) is 4.71. The molecule has 0 spiro atoms. The number of halogens is 1. The molecule has 3 aromatic heterocycles. The van der Waals surface area contributed by atoms with Gasteiger partial charge in [0.1, 0.15) is 5.52 Å². The highest BCUT2D eigenvalue weighted by Gasteiger charge is 2.19. The lowest BCUT2D eigenvalue weighted by atomic mass is 10.1. The van der Waals surface area contributed by atoms with Gasteiger partial charge in [-0.3, -0.25) is 9.36 Å². The monoisotopic (exact) mass is 428 g/mol. The van der Waals surface area contributed by atoms with Crippen LogP contribution in [0.2, 0.25) is 5.02 Å². The van der Waals surface area contributed by atoms with E-state index in [0.29, 0.717) is 33.1 Å². The van der Waals surface area contributed by atoms with Crippen molar-refractivity contribution in [2.24, 2.45) is 0 Å². The summed E-state index contributed by atoms with van der Waals surface area (Å²) >= 11 is 6.40. The number of para-hydroxylation sites is 1. The van der Waals surface area contributed by atoms with Crippen molar-refractivity contribution < 1.29 is 0 Å². The number of nitrogens with zero attached hydrogens (tertiary/aromatic N) is 4. The fraction of sp³-hybridized carbons (Fsp3) is 0.0909. The number of fused-ring (bicyclic) bond motifs is 2. The molecule has 31 heavy (non-hydrogen) atoms. The molecule has 1 atom stereocenters. The average molecular weight is 429 g/mol. The van der Waals surface area contributed by atoms with E-state index >= 15 is 0 Å². The maximum Gasteiger partial charge on any atom is 0.264 e. The van der Waals surface area contributed by atoms with Crippen molar-refractivity contribution >= 4 is 52.9 Å². The first-order valence-corrected chi connectivity index (χ1v) is 10.2. The number of H-pyrrole nitrogens is 1. The molecular formula is C22H18BClN6O. The maximum atomic E-state index is 13.6. The summed E-state index contributed by atoms with van der Waals surface area (Å²) in [6.45, 7) is 1.99. The lowest BCUT2D eigenvalue weighted by Gasteiger charge is -2.21. The highest BCUT2D eigenvalue weighted by molar-refractivity contribution is 6.35. The summed E-state index contributed by atoms with van der Waals surface area (Å²) in [5.74, 6) is 0.606. The molecular weight excluding hydrogens is 411 g/mol. The number of aromatic nitrogens is 5. The summed E-state index contributed by atoms with van der Waals surface area (Å²) < 4.78 is 1.70. The van der Waals surface area contributed by atoms with Gasteiger partial charge in [-0.2, -0.15) is 0 Å². The summed E-state index contributed by atoms with van der Waals surface area (Å²) in [5, 5.41) is 5.14. The Labute approximate surface area is 183 Å². The summed E-state index contributed by atoms with van der Waals surface area (Å²) in [7, 11) is 1.83. The zero-order chi connectivity index (χ0) is 21.5. The van der Waals surface area contributed by atoms with Crippen LogP contribution in [0.5, 0.6) is 0 Å². The van der Waals surface area contributed by atoms with Gasteiger partial charge in [0.2, 0.25) is 0 Å². The average Bonchev–Trinajstić information content (AvgIpc) is 3.22. The normalized spacial score (nSPS) is 12.3. The van der Waals surface area contributed by atoms with E-state index in [1.807, 2.05) is 63.3 Å². The topological polar surface area (TPSA) is 88.5 Å². The number of rotatable bonds is 4. The second kappa shape index (κ2) is 7.56. The Morgan fingerprint density at radius 3 is 2.74 bits per heavy atom. The Morgan fingerprint density at radius 2 is 1.94 bits per heavy atom. The molecule has 5 rings (SSSR count). The number of anilines is 1. The van der Waals surface area contributed by atoms with Crippen LogP contribution in [0.25, 0.3) is 27.6 Å². The van der Waals surface area contributed by atoms with Crippen molar-refractivity contribution in [3.05, 3.63) is 82.0 Å². The lowest BCUT2D eigenvalue weighted by Crippen LogP contribution is -2.26. The van der Waals surface area contributed by atoms with Crippen molar-refractivity contribution in [1.82, 2.24) is 24.5 Å². The van der Waals surface area contributed by atoms with Gasteiger partial charge in [-0.1, -0.05) is 41.9 Å². The number of pyridine rings is 1. The molecule has 7 nitrogen and oxygen atoms in total. The molecule has 5 aromatic rings. The molecule has 0 unspecified atom stereocenters. The molecule has 0 aliphatic heterocycles. The fourth-order valence-corrected chi connectivity index (χ4v) is 4.09. The largest absolute Gasteiger partial charge is 0.360 e. The van der Waals surface area contributed by atoms with Crippen LogP contribution < -0.4 is 16.6 Å². The van der Waals surface area contributed by atoms with Gasteiger partial charge in [0.15, 0.2) is 19.3 Å². The van der Waals surface area contributed by atoms with Crippen LogP contribution in [0.1, 0.15) is 18.7 Å². The van der Waals surface area contributed by atoms with Gasteiger partial charge in [-0.05, 0) is 36.6 Å². The molecule has 0 aliphatic carbocycles. The number of aromatic amines is 1. The third kappa shape index (κ3) is 3.35. The van der Waals surface area contributed by atoms with Crippen molar-refractivity contribution in [1.29, 1.82) is 0 Å². The molecule has 0 amide bonds. The van der Waals surface area contributed by atoms with Gasteiger partial charge >= 0.3 is 0 Å². The highest BCUT2D eigenvalue weighted by Crippen LogP contribution is 2.27. The molecule has 2 aromatic carbocycles. The molecule has 0 fully saturated rings. The van der Waals surface area contributed by atoms with Crippen molar-refractivity contribution in [2.75, 3.05) is 5.32 Å². The SMILES string of the molecule is Bc1nc(N[C@@H](C)c2cc3cccc(Cl)c3c(=O)n2-c2ccccc2)c2nc[nH]c2n1. The zero-order valence-corrected chi connectivity index (χ0v) is 17.7. The number of imidazole rings is 1. The zero-order valence-electron chi connectivity index (χ0n) is 16.9. The first-order valence-electron chi connectivity index (χ1n) is 9.87. The maximum absolute atomic E-state index is 13.6. The Morgan fingerprint density at radius 1 is 1.13 bits per heavy atom. The molecule has 2 N–H and O–H groups in total. The predicted octanol–water partition coefficient (Wildman–Crippen LogP) is 2.74. The van der Waals surface area contributed by atoms with Gasteiger partial charge in [0.05, 0.1) is 28.5 Å². The first kappa shape index (κ1) is 19.3. The third-order valence-corrected chi connectivity index (χ3v) is 5.54. The number of nitrogens with one attached hydrogen (secondary N) is 2. The molecule has 0 radical (unpaired) electrons. The molecule has 0 bridgehead atoms. The quantitative estimate of drug-likeness (QED) is 0.430. The lowest BCUT2D eigenvalue weighted by molar-refractivity contribution is 0.774.